The largest absolute Gasteiger partial charge is 0.496 e. The Hall–Kier alpha value is -2.82. The van der Waals surface area contributed by atoms with Gasteiger partial charge < -0.3 is 14.8 Å². The van der Waals surface area contributed by atoms with Crippen molar-refractivity contribution in [2.45, 2.75) is 13.5 Å². The summed E-state index contributed by atoms with van der Waals surface area (Å²) in [5.41, 5.74) is 2.77. The number of pyridine rings is 1. The zero-order valence-corrected chi connectivity index (χ0v) is 13.9. The Morgan fingerprint density at radius 3 is 2.33 bits per heavy atom. The summed E-state index contributed by atoms with van der Waals surface area (Å²) in [7, 11) is 3.26. The lowest BCUT2D eigenvalue weighted by molar-refractivity contribution is 0.409. The molecular formula is C19H19FN2O2. The van der Waals surface area contributed by atoms with E-state index in [9.17, 15) is 4.39 Å². The zero-order chi connectivity index (χ0) is 17.1. The van der Waals surface area contributed by atoms with Crippen LogP contribution in [-0.2, 0) is 6.54 Å². The molecule has 0 aliphatic carbocycles. The van der Waals surface area contributed by atoms with E-state index in [2.05, 4.69) is 10.3 Å². The van der Waals surface area contributed by atoms with Crippen LogP contribution in [0.4, 0.5) is 10.2 Å². The molecule has 0 saturated carbocycles. The molecule has 2 aromatic carbocycles. The molecule has 0 unspecified atom stereocenters. The molecule has 0 saturated heterocycles. The number of rotatable bonds is 5. The Morgan fingerprint density at radius 1 is 1.00 bits per heavy atom. The number of aromatic nitrogens is 1. The lowest BCUT2D eigenvalue weighted by Crippen LogP contribution is -2.03. The van der Waals surface area contributed by atoms with Gasteiger partial charge in [0.15, 0.2) is 0 Å². The van der Waals surface area contributed by atoms with E-state index in [1.54, 1.807) is 26.4 Å². The van der Waals surface area contributed by atoms with E-state index in [0.717, 1.165) is 33.6 Å². The Labute approximate surface area is 140 Å². The van der Waals surface area contributed by atoms with Crippen LogP contribution >= 0.6 is 0 Å². The van der Waals surface area contributed by atoms with Gasteiger partial charge in [0, 0.05) is 11.9 Å². The van der Waals surface area contributed by atoms with Crippen LogP contribution in [0, 0.1) is 12.7 Å². The number of ether oxygens (including phenoxy) is 2. The summed E-state index contributed by atoms with van der Waals surface area (Å²) >= 11 is 0. The molecule has 0 aliphatic rings. The lowest BCUT2D eigenvalue weighted by atomic mass is 10.1. The van der Waals surface area contributed by atoms with E-state index in [1.165, 1.54) is 12.1 Å². The normalized spacial score (nSPS) is 10.7. The third-order valence-electron chi connectivity index (χ3n) is 3.91. The van der Waals surface area contributed by atoms with E-state index >= 15 is 0 Å². The van der Waals surface area contributed by atoms with Gasteiger partial charge in [-0.05, 0) is 48.4 Å². The van der Waals surface area contributed by atoms with Crippen molar-refractivity contribution in [1.29, 1.82) is 0 Å². The summed E-state index contributed by atoms with van der Waals surface area (Å²) in [6.07, 6.45) is 0. The molecule has 0 aliphatic heterocycles. The van der Waals surface area contributed by atoms with Gasteiger partial charge in [0.05, 0.1) is 14.2 Å². The highest BCUT2D eigenvalue weighted by molar-refractivity contribution is 5.94. The Bertz CT molecular complexity index is 863. The molecule has 124 valence electrons. The van der Waals surface area contributed by atoms with E-state index < -0.39 is 0 Å². The fourth-order valence-electron chi connectivity index (χ4n) is 2.70. The number of hydrogen-bond acceptors (Lipinski definition) is 4. The first-order valence-corrected chi connectivity index (χ1v) is 7.63. The minimum Gasteiger partial charge on any atom is -0.496 e. The lowest BCUT2D eigenvalue weighted by Gasteiger charge is -2.14. The second-order valence-electron chi connectivity index (χ2n) is 5.50. The van der Waals surface area contributed by atoms with Crippen LogP contribution in [0.2, 0.25) is 0 Å². The maximum Gasteiger partial charge on any atom is 0.145 e. The SMILES string of the molecule is COc1ccc(OC)c2c(C)cc(NCc3ccc(F)cc3)nc12. The molecule has 1 N–H and O–H groups in total. The van der Waals surface area contributed by atoms with Crippen LogP contribution in [0.5, 0.6) is 11.5 Å². The molecule has 24 heavy (non-hydrogen) atoms. The van der Waals surface area contributed by atoms with E-state index in [1.807, 2.05) is 25.1 Å². The number of methoxy groups -OCH3 is 2. The standard InChI is InChI=1S/C19H19FN2O2/c1-12-10-17(21-11-13-4-6-14(20)7-5-13)22-19-16(24-3)9-8-15(23-2)18(12)19/h4-10H,11H2,1-3H3,(H,21,22). The summed E-state index contributed by atoms with van der Waals surface area (Å²) in [6, 6.07) is 12.1. The zero-order valence-electron chi connectivity index (χ0n) is 13.9. The summed E-state index contributed by atoms with van der Waals surface area (Å²) < 4.78 is 23.8. The van der Waals surface area contributed by atoms with Crippen molar-refractivity contribution in [3.8, 4) is 11.5 Å². The van der Waals surface area contributed by atoms with Gasteiger partial charge in [0.2, 0.25) is 0 Å². The first kappa shape index (κ1) is 16.1. The molecule has 3 rings (SSSR count). The van der Waals surface area contributed by atoms with Crippen molar-refractivity contribution in [3.63, 3.8) is 0 Å². The first-order valence-electron chi connectivity index (χ1n) is 7.63. The van der Waals surface area contributed by atoms with Crippen molar-refractivity contribution in [2.24, 2.45) is 0 Å². The molecule has 0 radical (unpaired) electrons. The number of aryl methyl sites for hydroxylation is 1. The smallest absolute Gasteiger partial charge is 0.145 e. The van der Waals surface area contributed by atoms with Crippen LogP contribution in [0.15, 0.2) is 42.5 Å². The predicted molar refractivity (Wildman–Crippen MR) is 93.3 cm³/mol. The molecule has 4 nitrogen and oxygen atoms in total. The van der Waals surface area contributed by atoms with Crippen LogP contribution in [0.1, 0.15) is 11.1 Å². The number of anilines is 1. The average Bonchev–Trinajstić information content (AvgIpc) is 2.60. The Balaban J connectivity index is 1.96. The topological polar surface area (TPSA) is 43.4 Å². The molecule has 0 bridgehead atoms. The fraction of sp³-hybridized carbons (Fsp3) is 0.211. The molecule has 1 heterocycles. The molecule has 5 heteroatoms. The monoisotopic (exact) mass is 326 g/mol. The van der Waals surface area contributed by atoms with Crippen LogP contribution in [-0.4, -0.2) is 19.2 Å². The molecule has 0 fully saturated rings. The van der Waals surface area contributed by atoms with Gasteiger partial charge in [-0.1, -0.05) is 12.1 Å². The van der Waals surface area contributed by atoms with Crippen LogP contribution in [0.25, 0.3) is 10.9 Å². The Morgan fingerprint density at radius 2 is 1.67 bits per heavy atom. The van der Waals surface area contributed by atoms with Gasteiger partial charge >= 0.3 is 0 Å². The highest BCUT2D eigenvalue weighted by atomic mass is 19.1. The maximum absolute atomic E-state index is 13.0. The number of hydrogen-bond donors (Lipinski definition) is 1. The van der Waals surface area contributed by atoms with Crippen molar-refractivity contribution in [3.05, 3.63) is 59.4 Å². The number of halogens is 1. The first-order chi connectivity index (χ1) is 11.6. The predicted octanol–water partition coefficient (Wildman–Crippen LogP) is 4.31. The summed E-state index contributed by atoms with van der Waals surface area (Å²) in [5, 5.41) is 4.21. The molecule has 0 amide bonds. The van der Waals surface area contributed by atoms with Gasteiger partial charge in [-0.3, -0.25) is 0 Å². The highest BCUT2D eigenvalue weighted by Crippen LogP contribution is 2.35. The number of fused-ring (bicyclic) bond motifs is 1. The van der Waals surface area contributed by atoms with Gasteiger partial charge in [0.25, 0.3) is 0 Å². The minimum atomic E-state index is -0.241. The highest BCUT2D eigenvalue weighted by Gasteiger charge is 2.12. The van der Waals surface area contributed by atoms with Crippen molar-refractivity contribution < 1.29 is 13.9 Å². The van der Waals surface area contributed by atoms with Crippen molar-refractivity contribution in [2.75, 3.05) is 19.5 Å². The summed E-state index contributed by atoms with van der Waals surface area (Å²) in [5.74, 6) is 1.95. The fourth-order valence-corrected chi connectivity index (χ4v) is 2.70. The quantitative estimate of drug-likeness (QED) is 0.759. The average molecular weight is 326 g/mol. The number of nitrogens with zero attached hydrogens (tertiary/aromatic N) is 1. The van der Waals surface area contributed by atoms with Crippen molar-refractivity contribution in [1.82, 2.24) is 4.98 Å². The molecule has 1 aromatic heterocycles. The Kier molecular flexibility index (Phi) is 4.51. The van der Waals surface area contributed by atoms with Gasteiger partial charge in [-0.25, -0.2) is 9.37 Å². The van der Waals surface area contributed by atoms with Crippen LogP contribution in [0.3, 0.4) is 0 Å². The summed E-state index contributed by atoms with van der Waals surface area (Å²) in [6.45, 7) is 2.57. The van der Waals surface area contributed by atoms with E-state index in [-0.39, 0.29) is 5.82 Å². The molecule has 0 spiro atoms. The van der Waals surface area contributed by atoms with Crippen molar-refractivity contribution >= 4 is 16.7 Å². The third-order valence-corrected chi connectivity index (χ3v) is 3.91. The van der Waals surface area contributed by atoms with Crippen LogP contribution < -0.4 is 14.8 Å². The molecular weight excluding hydrogens is 307 g/mol. The maximum atomic E-state index is 13.0. The minimum absolute atomic E-state index is 0.241. The van der Waals surface area contributed by atoms with E-state index in [0.29, 0.717) is 12.3 Å². The number of nitrogens with one attached hydrogen (secondary N) is 1. The second-order valence-corrected chi connectivity index (χ2v) is 5.50. The molecule has 0 atom stereocenters. The summed E-state index contributed by atoms with van der Waals surface area (Å²) in [4.78, 5) is 4.66. The number of benzene rings is 2. The second kappa shape index (κ2) is 6.74. The third kappa shape index (κ3) is 3.11. The van der Waals surface area contributed by atoms with E-state index in [4.69, 9.17) is 9.47 Å². The van der Waals surface area contributed by atoms with Gasteiger partial charge in [-0.2, -0.15) is 0 Å². The van der Waals surface area contributed by atoms with Gasteiger partial charge in [0.1, 0.15) is 28.7 Å². The van der Waals surface area contributed by atoms with Gasteiger partial charge in [-0.15, -0.1) is 0 Å². The molecule has 3 aromatic rings.